The van der Waals surface area contributed by atoms with Gasteiger partial charge in [0, 0.05) is 26.6 Å². The van der Waals surface area contributed by atoms with Crippen molar-refractivity contribution in [1.82, 2.24) is 9.62 Å². The fourth-order valence-electron chi connectivity index (χ4n) is 2.52. The molecule has 0 radical (unpaired) electrons. The molecule has 23 heavy (non-hydrogen) atoms. The minimum absolute atomic E-state index is 0.00527. The molecular formula is C15H20N2O5S. The fraction of sp³-hybridized carbons (Fsp3) is 0.467. The summed E-state index contributed by atoms with van der Waals surface area (Å²) in [5.74, 6) is -1.78. The lowest BCUT2D eigenvalue weighted by molar-refractivity contribution is -0.142. The number of piperidine rings is 1. The Morgan fingerprint density at radius 1 is 1.30 bits per heavy atom. The number of carbonyl (C=O) groups excluding carboxylic acids is 1. The molecule has 1 amide bonds. The molecule has 2 N–H and O–H groups in total. The number of hydrogen-bond acceptors (Lipinski definition) is 4. The highest BCUT2D eigenvalue weighted by molar-refractivity contribution is 7.89. The number of benzene rings is 1. The van der Waals surface area contributed by atoms with Crippen molar-refractivity contribution in [3.05, 3.63) is 29.8 Å². The van der Waals surface area contributed by atoms with Crippen molar-refractivity contribution in [3.63, 3.8) is 0 Å². The van der Waals surface area contributed by atoms with Gasteiger partial charge in [-0.05, 0) is 30.5 Å². The summed E-state index contributed by atoms with van der Waals surface area (Å²) in [5.41, 5.74) is 0.793. The van der Waals surface area contributed by atoms with Crippen molar-refractivity contribution >= 4 is 21.9 Å². The van der Waals surface area contributed by atoms with Crippen LogP contribution >= 0.6 is 0 Å². The molecule has 1 fully saturated rings. The van der Waals surface area contributed by atoms with Gasteiger partial charge in [0.25, 0.3) is 0 Å². The van der Waals surface area contributed by atoms with E-state index in [4.69, 9.17) is 5.11 Å². The number of amides is 1. The quantitative estimate of drug-likeness (QED) is 0.825. The third-order valence-electron chi connectivity index (χ3n) is 3.84. The Morgan fingerprint density at radius 2 is 1.96 bits per heavy atom. The second kappa shape index (κ2) is 7.10. The smallest absolute Gasteiger partial charge is 0.307 e. The first-order valence-corrected chi connectivity index (χ1v) is 8.81. The minimum atomic E-state index is -3.69. The number of hydrogen-bond donors (Lipinski definition) is 2. The van der Waals surface area contributed by atoms with Gasteiger partial charge in [0.2, 0.25) is 15.9 Å². The number of rotatable bonds is 5. The summed E-state index contributed by atoms with van der Waals surface area (Å²) in [6, 6.07) is 6.25. The Balaban J connectivity index is 2.12. The van der Waals surface area contributed by atoms with Crippen LogP contribution in [0, 0.1) is 5.92 Å². The van der Waals surface area contributed by atoms with Crippen LogP contribution < -0.4 is 5.32 Å². The van der Waals surface area contributed by atoms with Gasteiger partial charge >= 0.3 is 5.97 Å². The van der Waals surface area contributed by atoms with Crippen LogP contribution in [0.4, 0.5) is 0 Å². The number of carboxylic acids is 1. The minimum Gasteiger partial charge on any atom is -0.481 e. The van der Waals surface area contributed by atoms with Gasteiger partial charge in [-0.3, -0.25) is 9.59 Å². The van der Waals surface area contributed by atoms with E-state index in [1.807, 2.05) is 0 Å². The summed E-state index contributed by atoms with van der Waals surface area (Å²) < 4.78 is 26.4. The van der Waals surface area contributed by atoms with Crippen LogP contribution in [0.2, 0.25) is 0 Å². The van der Waals surface area contributed by atoms with Crippen LogP contribution in [0.15, 0.2) is 29.2 Å². The Labute approximate surface area is 135 Å². The van der Waals surface area contributed by atoms with Crippen molar-refractivity contribution in [2.24, 2.45) is 5.92 Å². The summed E-state index contributed by atoms with van der Waals surface area (Å²) in [6.07, 6.45) is 1.04. The third kappa shape index (κ3) is 4.29. The van der Waals surface area contributed by atoms with Crippen molar-refractivity contribution in [2.75, 3.05) is 13.1 Å². The molecule has 0 saturated carbocycles. The maximum absolute atomic E-state index is 12.6. The Morgan fingerprint density at radius 3 is 2.52 bits per heavy atom. The summed E-state index contributed by atoms with van der Waals surface area (Å²) in [5, 5.41) is 11.7. The molecule has 0 aromatic heterocycles. The Kier molecular flexibility index (Phi) is 5.38. The van der Waals surface area contributed by atoms with Crippen molar-refractivity contribution < 1.29 is 23.1 Å². The first-order chi connectivity index (χ1) is 10.8. The lowest BCUT2D eigenvalue weighted by Crippen LogP contribution is -2.42. The molecule has 126 valence electrons. The largest absolute Gasteiger partial charge is 0.481 e. The molecule has 1 aromatic rings. The molecule has 7 nitrogen and oxygen atoms in total. The molecule has 0 bridgehead atoms. The molecule has 1 heterocycles. The highest BCUT2D eigenvalue weighted by Gasteiger charge is 2.33. The normalized spacial score (nSPS) is 19.3. The van der Waals surface area contributed by atoms with E-state index in [0.29, 0.717) is 25.9 Å². The molecule has 1 atom stereocenters. The van der Waals surface area contributed by atoms with Crippen LogP contribution in [0.25, 0.3) is 0 Å². The van der Waals surface area contributed by atoms with E-state index in [1.165, 1.54) is 23.4 Å². The number of carboxylic acid groups (broad SMARTS) is 1. The lowest BCUT2D eigenvalue weighted by atomic mass is 10.0. The van der Waals surface area contributed by atoms with Gasteiger partial charge in [0.1, 0.15) is 0 Å². The molecular weight excluding hydrogens is 320 g/mol. The van der Waals surface area contributed by atoms with E-state index in [1.54, 1.807) is 12.1 Å². The predicted octanol–water partition coefficient (Wildman–Crippen LogP) is 0.808. The number of nitrogens with one attached hydrogen (secondary N) is 1. The second-order valence-corrected chi connectivity index (χ2v) is 7.53. The molecule has 1 unspecified atom stereocenters. The zero-order valence-corrected chi connectivity index (χ0v) is 13.7. The lowest BCUT2D eigenvalue weighted by Gasteiger charge is -2.29. The zero-order valence-electron chi connectivity index (χ0n) is 12.9. The van der Waals surface area contributed by atoms with Gasteiger partial charge in [-0.25, -0.2) is 8.42 Å². The fourth-order valence-corrected chi connectivity index (χ4v) is 4.04. The number of nitrogens with zero attached hydrogens (tertiary/aromatic N) is 1. The summed E-state index contributed by atoms with van der Waals surface area (Å²) >= 11 is 0. The van der Waals surface area contributed by atoms with Gasteiger partial charge < -0.3 is 10.4 Å². The molecule has 1 saturated heterocycles. The van der Waals surface area contributed by atoms with Gasteiger partial charge in [0.05, 0.1) is 10.8 Å². The Bertz CT molecular complexity index is 684. The van der Waals surface area contributed by atoms with Gasteiger partial charge in [-0.2, -0.15) is 4.31 Å². The standard InChI is InChI=1S/C15H20N2O5S/c1-11(18)16-9-12-4-6-14(7-5-12)23(21,22)17-8-2-3-13(10-17)15(19)20/h4-7,13H,2-3,8-10H2,1H3,(H,16,18)(H,19,20). The van der Waals surface area contributed by atoms with Crippen molar-refractivity contribution in [2.45, 2.75) is 31.2 Å². The summed E-state index contributed by atoms with van der Waals surface area (Å²) in [6.45, 7) is 2.08. The molecule has 1 aliphatic rings. The first kappa shape index (κ1) is 17.4. The molecule has 8 heteroatoms. The molecule has 1 aromatic carbocycles. The Hall–Kier alpha value is -1.93. The van der Waals surface area contributed by atoms with Crippen LogP contribution in [-0.2, 0) is 26.2 Å². The van der Waals surface area contributed by atoms with Gasteiger partial charge in [0.15, 0.2) is 0 Å². The maximum atomic E-state index is 12.6. The van der Waals surface area contributed by atoms with E-state index in [9.17, 15) is 18.0 Å². The maximum Gasteiger partial charge on any atom is 0.307 e. The van der Waals surface area contributed by atoms with Crippen LogP contribution in [0.3, 0.4) is 0 Å². The van der Waals surface area contributed by atoms with E-state index in [2.05, 4.69) is 5.32 Å². The average molecular weight is 340 g/mol. The molecule has 0 aliphatic carbocycles. The second-order valence-electron chi connectivity index (χ2n) is 5.59. The van der Waals surface area contributed by atoms with E-state index >= 15 is 0 Å². The SMILES string of the molecule is CC(=O)NCc1ccc(S(=O)(=O)N2CCCC(C(=O)O)C2)cc1. The number of aliphatic carboxylic acids is 1. The van der Waals surface area contributed by atoms with Crippen molar-refractivity contribution in [1.29, 1.82) is 0 Å². The van der Waals surface area contributed by atoms with E-state index in [-0.39, 0.29) is 17.3 Å². The monoisotopic (exact) mass is 340 g/mol. The highest BCUT2D eigenvalue weighted by Crippen LogP contribution is 2.24. The molecule has 2 rings (SSSR count). The highest BCUT2D eigenvalue weighted by atomic mass is 32.2. The summed E-state index contributed by atoms with van der Waals surface area (Å²) in [4.78, 5) is 22.1. The van der Waals surface area contributed by atoms with Gasteiger partial charge in [-0.15, -0.1) is 0 Å². The third-order valence-corrected chi connectivity index (χ3v) is 5.72. The molecule has 1 aliphatic heterocycles. The van der Waals surface area contributed by atoms with E-state index < -0.39 is 21.9 Å². The van der Waals surface area contributed by atoms with Crippen molar-refractivity contribution in [3.8, 4) is 0 Å². The first-order valence-electron chi connectivity index (χ1n) is 7.37. The van der Waals surface area contributed by atoms with Gasteiger partial charge in [-0.1, -0.05) is 12.1 Å². The van der Waals surface area contributed by atoms with Crippen LogP contribution in [-0.4, -0.2) is 42.8 Å². The van der Waals surface area contributed by atoms with Crippen LogP contribution in [0.5, 0.6) is 0 Å². The predicted molar refractivity (Wildman–Crippen MR) is 83.1 cm³/mol. The summed E-state index contributed by atoms with van der Waals surface area (Å²) in [7, 11) is -3.69. The number of sulfonamides is 1. The zero-order chi connectivity index (χ0) is 17.0. The average Bonchev–Trinajstić information content (AvgIpc) is 2.53. The van der Waals surface area contributed by atoms with Crippen LogP contribution in [0.1, 0.15) is 25.3 Å². The number of carbonyl (C=O) groups is 2. The topological polar surface area (TPSA) is 104 Å². The molecule has 0 spiro atoms. The van der Waals surface area contributed by atoms with E-state index in [0.717, 1.165) is 5.56 Å².